The number of hydrogen-bond acceptors (Lipinski definition) is 8. The van der Waals surface area contributed by atoms with E-state index in [1.165, 1.54) is 36.3 Å². The van der Waals surface area contributed by atoms with Crippen molar-refractivity contribution in [2.24, 2.45) is 0 Å². The number of tetrazole rings is 1. The quantitative estimate of drug-likeness (QED) is 0.193. The Morgan fingerprint density at radius 3 is 2.59 bits per heavy atom. The molecule has 0 bridgehead atoms. The molecule has 0 aliphatic heterocycles. The molecule has 222 valence electrons. The van der Waals surface area contributed by atoms with E-state index in [0.29, 0.717) is 44.3 Å². The molecule has 0 saturated heterocycles. The maximum Gasteiger partial charge on any atom is 0.411 e. The minimum Gasteiger partial charge on any atom is -0.453 e. The standard InChI is InChI=1S/C30H23Cl2FN8O3/c1-44-30(43)35-23-9-5-19(6-10-23)24-16-26(37-38-29(24)32)25(14-18-3-2-4-22(33)13-18)36-28(42)12-7-20-15-21(31)8-11-27(20)41-17-34-39-40-41/h2-13,15-17,25H,14H2,1H3,(H,35,43)(H,36,42). The summed E-state index contributed by atoms with van der Waals surface area (Å²) < 4.78 is 20.1. The van der Waals surface area contributed by atoms with Gasteiger partial charge in [0.15, 0.2) is 5.15 Å². The third-order valence-corrected chi connectivity index (χ3v) is 6.91. The van der Waals surface area contributed by atoms with E-state index >= 15 is 0 Å². The third kappa shape index (κ3) is 7.60. The molecule has 2 heterocycles. The zero-order chi connectivity index (χ0) is 31.1. The normalized spacial score (nSPS) is 11.7. The number of carbonyl (C=O) groups is 2. The van der Waals surface area contributed by atoms with Crippen molar-refractivity contribution in [1.82, 2.24) is 35.7 Å². The Morgan fingerprint density at radius 1 is 1.05 bits per heavy atom. The van der Waals surface area contributed by atoms with Crippen LogP contribution in [0.25, 0.3) is 22.9 Å². The highest BCUT2D eigenvalue weighted by Gasteiger charge is 2.20. The molecule has 5 rings (SSSR count). The molecule has 0 fully saturated rings. The summed E-state index contributed by atoms with van der Waals surface area (Å²) >= 11 is 12.6. The number of aromatic nitrogens is 6. The van der Waals surface area contributed by atoms with Gasteiger partial charge in [0, 0.05) is 27.9 Å². The van der Waals surface area contributed by atoms with Gasteiger partial charge in [0.05, 0.1) is 24.5 Å². The van der Waals surface area contributed by atoms with Crippen LogP contribution in [0, 0.1) is 5.82 Å². The second-order valence-corrected chi connectivity index (χ2v) is 10.1. The number of rotatable bonds is 9. The van der Waals surface area contributed by atoms with Crippen LogP contribution in [0.5, 0.6) is 0 Å². The number of benzene rings is 3. The molecule has 2 aromatic heterocycles. The van der Waals surface area contributed by atoms with Gasteiger partial charge in [-0.2, -0.15) is 9.78 Å². The minimum atomic E-state index is -0.712. The van der Waals surface area contributed by atoms with Crippen molar-refractivity contribution in [3.8, 4) is 16.8 Å². The van der Waals surface area contributed by atoms with Crippen LogP contribution in [-0.4, -0.2) is 49.5 Å². The number of methoxy groups -OCH3 is 1. The molecule has 14 heteroatoms. The average Bonchev–Trinajstić information content (AvgIpc) is 3.55. The topological polar surface area (TPSA) is 137 Å². The first-order valence-electron chi connectivity index (χ1n) is 13.0. The molecule has 0 saturated carbocycles. The van der Waals surface area contributed by atoms with E-state index in [0.717, 1.165) is 0 Å². The predicted octanol–water partition coefficient (Wildman–Crippen LogP) is 5.86. The lowest BCUT2D eigenvalue weighted by Gasteiger charge is -2.18. The van der Waals surface area contributed by atoms with Gasteiger partial charge in [0.1, 0.15) is 12.1 Å². The maximum absolute atomic E-state index is 14.0. The first-order valence-corrected chi connectivity index (χ1v) is 13.8. The molecule has 44 heavy (non-hydrogen) atoms. The van der Waals surface area contributed by atoms with Crippen LogP contribution in [0.3, 0.4) is 0 Å². The average molecular weight is 633 g/mol. The Balaban J connectivity index is 1.43. The number of hydrogen-bond donors (Lipinski definition) is 2. The number of carbonyl (C=O) groups excluding carboxylic acids is 2. The minimum absolute atomic E-state index is 0.134. The lowest BCUT2D eigenvalue weighted by molar-refractivity contribution is -0.117. The first kappa shape index (κ1) is 30.3. The van der Waals surface area contributed by atoms with E-state index < -0.39 is 23.9 Å². The highest BCUT2D eigenvalue weighted by Crippen LogP contribution is 2.30. The second kappa shape index (κ2) is 13.8. The molecule has 1 unspecified atom stereocenters. The van der Waals surface area contributed by atoms with Crippen LogP contribution < -0.4 is 10.6 Å². The number of ether oxygens (including phenoxy) is 1. The number of amides is 2. The maximum atomic E-state index is 14.0. The lowest BCUT2D eigenvalue weighted by Crippen LogP contribution is -2.29. The van der Waals surface area contributed by atoms with Crippen LogP contribution in [0.2, 0.25) is 10.2 Å². The van der Waals surface area contributed by atoms with E-state index in [1.807, 2.05) is 0 Å². The van der Waals surface area contributed by atoms with Gasteiger partial charge in [0.25, 0.3) is 0 Å². The van der Waals surface area contributed by atoms with Crippen molar-refractivity contribution in [2.75, 3.05) is 12.4 Å². The zero-order valence-electron chi connectivity index (χ0n) is 23.0. The summed E-state index contributed by atoms with van der Waals surface area (Å²) in [5, 5.41) is 25.7. The number of halogens is 3. The Labute approximate surface area is 260 Å². The van der Waals surface area contributed by atoms with Crippen molar-refractivity contribution in [2.45, 2.75) is 12.5 Å². The largest absolute Gasteiger partial charge is 0.453 e. The summed E-state index contributed by atoms with van der Waals surface area (Å²) in [5.41, 5.74) is 3.98. The smallest absolute Gasteiger partial charge is 0.411 e. The molecule has 3 aromatic carbocycles. The summed E-state index contributed by atoms with van der Waals surface area (Å²) in [4.78, 5) is 24.8. The summed E-state index contributed by atoms with van der Waals surface area (Å²) in [6.07, 6.45) is 3.96. The fourth-order valence-electron chi connectivity index (χ4n) is 4.32. The van der Waals surface area contributed by atoms with E-state index in [2.05, 4.69) is 41.1 Å². The van der Waals surface area contributed by atoms with E-state index in [4.69, 9.17) is 23.2 Å². The zero-order valence-corrected chi connectivity index (χ0v) is 24.5. The number of nitrogens with one attached hydrogen (secondary N) is 2. The van der Waals surface area contributed by atoms with Crippen molar-refractivity contribution in [3.05, 3.63) is 118 Å². The Kier molecular flexibility index (Phi) is 9.52. The van der Waals surface area contributed by atoms with Crippen LogP contribution in [-0.2, 0) is 16.0 Å². The van der Waals surface area contributed by atoms with Gasteiger partial charge in [-0.05, 0) is 82.6 Å². The van der Waals surface area contributed by atoms with Crippen molar-refractivity contribution in [1.29, 1.82) is 0 Å². The summed E-state index contributed by atoms with van der Waals surface area (Å²) in [6, 6.07) is 19.0. The summed E-state index contributed by atoms with van der Waals surface area (Å²) in [5.74, 6) is -0.863. The highest BCUT2D eigenvalue weighted by atomic mass is 35.5. The SMILES string of the molecule is COC(=O)Nc1ccc(-c2cc(C(Cc3cccc(F)c3)NC(=O)C=Cc3cc(Cl)ccc3-n3cnnn3)nnc2Cl)cc1. The Bertz CT molecular complexity index is 1820. The fourth-order valence-corrected chi connectivity index (χ4v) is 4.70. The lowest BCUT2D eigenvalue weighted by atomic mass is 10.00. The molecule has 0 aliphatic rings. The summed E-state index contributed by atoms with van der Waals surface area (Å²) in [7, 11) is 1.27. The molecule has 11 nitrogen and oxygen atoms in total. The van der Waals surface area contributed by atoms with Gasteiger partial charge in [-0.15, -0.1) is 10.2 Å². The third-order valence-electron chi connectivity index (χ3n) is 6.40. The fraction of sp³-hybridized carbons (Fsp3) is 0.100. The van der Waals surface area contributed by atoms with Crippen molar-refractivity contribution < 1.29 is 18.7 Å². The van der Waals surface area contributed by atoms with Gasteiger partial charge < -0.3 is 10.1 Å². The molecule has 5 aromatic rings. The van der Waals surface area contributed by atoms with Crippen LogP contribution in [0.4, 0.5) is 14.9 Å². The molecule has 0 aliphatic carbocycles. The van der Waals surface area contributed by atoms with Crippen LogP contribution in [0.1, 0.15) is 22.9 Å². The molecular formula is C30H23Cl2FN8O3. The number of anilines is 1. The van der Waals surface area contributed by atoms with Crippen molar-refractivity contribution in [3.63, 3.8) is 0 Å². The van der Waals surface area contributed by atoms with E-state index in [1.54, 1.807) is 66.7 Å². The monoisotopic (exact) mass is 632 g/mol. The van der Waals surface area contributed by atoms with E-state index in [-0.39, 0.29) is 11.6 Å². The van der Waals surface area contributed by atoms with Crippen molar-refractivity contribution >= 4 is 47.0 Å². The predicted molar refractivity (Wildman–Crippen MR) is 163 cm³/mol. The molecular weight excluding hydrogens is 610 g/mol. The van der Waals surface area contributed by atoms with Gasteiger partial charge in [-0.3, -0.25) is 10.1 Å². The number of nitrogens with zero attached hydrogens (tertiary/aromatic N) is 6. The van der Waals surface area contributed by atoms with Gasteiger partial charge in [-0.1, -0.05) is 47.5 Å². The molecule has 1 atom stereocenters. The van der Waals surface area contributed by atoms with Gasteiger partial charge >= 0.3 is 6.09 Å². The Morgan fingerprint density at radius 2 is 1.86 bits per heavy atom. The van der Waals surface area contributed by atoms with Gasteiger partial charge in [0.2, 0.25) is 5.91 Å². The summed E-state index contributed by atoms with van der Waals surface area (Å²) in [6.45, 7) is 0. The van der Waals surface area contributed by atoms with Crippen LogP contribution >= 0.6 is 23.2 Å². The molecule has 2 N–H and O–H groups in total. The van der Waals surface area contributed by atoms with Crippen LogP contribution in [0.15, 0.2) is 85.2 Å². The Hall–Kier alpha value is -5.20. The van der Waals surface area contributed by atoms with E-state index in [9.17, 15) is 14.0 Å². The second-order valence-electron chi connectivity index (χ2n) is 9.35. The van der Waals surface area contributed by atoms with Gasteiger partial charge in [-0.25, -0.2) is 9.18 Å². The molecule has 0 radical (unpaired) electrons. The molecule has 0 spiro atoms. The highest BCUT2D eigenvalue weighted by molar-refractivity contribution is 6.32. The first-order chi connectivity index (χ1) is 21.3. The molecule has 2 amide bonds.